The van der Waals surface area contributed by atoms with Crippen molar-refractivity contribution in [1.29, 1.82) is 0 Å². The van der Waals surface area contributed by atoms with Gasteiger partial charge in [0.25, 0.3) is 5.91 Å². The molecule has 1 atom stereocenters. The predicted molar refractivity (Wildman–Crippen MR) is 173 cm³/mol. The van der Waals surface area contributed by atoms with E-state index >= 15 is 0 Å². The average molecular weight is 619 g/mol. The van der Waals surface area contributed by atoms with Gasteiger partial charge in [-0.25, -0.2) is 4.79 Å². The fourth-order valence-electron chi connectivity index (χ4n) is 5.60. The van der Waals surface area contributed by atoms with Crippen molar-refractivity contribution >= 4 is 22.8 Å². The number of hydrogen-bond donors (Lipinski definition) is 2. The van der Waals surface area contributed by atoms with Crippen molar-refractivity contribution in [3.63, 3.8) is 0 Å². The number of halogens is 3. The molecular weight excluding hydrogens is 589 g/mol. The molecule has 2 N–H and O–H groups in total. The van der Waals surface area contributed by atoms with Crippen LogP contribution in [-0.4, -0.2) is 21.6 Å². The number of nitrogens with zero attached hydrogens (tertiary/aromatic N) is 1. The molecule has 1 amide bonds. The van der Waals surface area contributed by atoms with Crippen LogP contribution in [0.25, 0.3) is 33.2 Å². The molecule has 0 aliphatic rings. The molecule has 5 nitrogen and oxygen atoms in total. The molecule has 0 saturated heterocycles. The Morgan fingerprint density at radius 2 is 1.43 bits per heavy atom. The number of aromatic nitrogens is 1. The maximum atomic E-state index is 13.9. The van der Waals surface area contributed by atoms with Gasteiger partial charge in [-0.1, -0.05) is 78.9 Å². The van der Waals surface area contributed by atoms with Crippen LogP contribution in [0.15, 0.2) is 128 Å². The molecule has 5 aromatic carbocycles. The third-order valence-corrected chi connectivity index (χ3v) is 8.05. The predicted octanol–water partition coefficient (Wildman–Crippen LogP) is 9.23. The molecule has 0 radical (unpaired) electrons. The second kappa shape index (κ2) is 12.4. The number of aromatic carboxylic acids is 1. The highest BCUT2D eigenvalue weighted by Gasteiger charge is 2.30. The van der Waals surface area contributed by atoms with E-state index in [2.05, 4.69) is 5.32 Å². The highest BCUT2D eigenvalue weighted by atomic mass is 19.4. The Kier molecular flexibility index (Phi) is 8.19. The topological polar surface area (TPSA) is 71.3 Å². The molecule has 8 heteroatoms. The standard InChI is InChI=1S/C38H29F3N2O3/c1-24(26-14-16-29(17-15-26)37(45)46)42-36(44)34-22-32(30-8-5-9-33(21-30)38(39,40)41)20-31-18-19-43(35(31)34)23-25-10-12-28(13-11-25)27-6-3-2-4-7-27/h2-22,24H,23H2,1H3,(H,42,44)(H,45,46)/t24-/m0/s1. The third-order valence-electron chi connectivity index (χ3n) is 8.05. The van der Waals surface area contributed by atoms with Gasteiger partial charge < -0.3 is 15.0 Å². The van der Waals surface area contributed by atoms with Crippen molar-refractivity contribution in [3.8, 4) is 22.3 Å². The Morgan fingerprint density at radius 1 is 0.761 bits per heavy atom. The Hall–Kier alpha value is -5.63. The molecule has 0 fully saturated rings. The average Bonchev–Trinajstić information content (AvgIpc) is 3.47. The maximum Gasteiger partial charge on any atom is 0.416 e. The quantitative estimate of drug-likeness (QED) is 0.179. The van der Waals surface area contributed by atoms with Crippen molar-refractivity contribution in [1.82, 2.24) is 9.88 Å². The van der Waals surface area contributed by atoms with E-state index in [1.54, 1.807) is 37.3 Å². The molecule has 1 aromatic heterocycles. The second-order valence-electron chi connectivity index (χ2n) is 11.2. The number of carboxylic acid groups (broad SMARTS) is 1. The van der Waals surface area contributed by atoms with E-state index < -0.39 is 29.7 Å². The molecule has 230 valence electrons. The molecule has 6 rings (SSSR count). The van der Waals surface area contributed by atoms with Crippen molar-refractivity contribution < 1.29 is 27.9 Å². The van der Waals surface area contributed by atoms with Gasteiger partial charge >= 0.3 is 12.1 Å². The summed E-state index contributed by atoms with van der Waals surface area (Å²) >= 11 is 0. The lowest BCUT2D eigenvalue weighted by Gasteiger charge is -2.17. The lowest BCUT2D eigenvalue weighted by atomic mass is 9.97. The van der Waals surface area contributed by atoms with Gasteiger partial charge in [-0.2, -0.15) is 13.2 Å². The van der Waals surface area contributed by atoms with Crippen LogP contribution in [-0.2, 0) is 12.7 Å². The minimum absolute atomic E-state index is 0.132. The van der Waals surface area contributed by atoms with Gasteiger partial charge in [0.2, 0.25) is 0 Å². The van der Waals surface area contributed by atoms with E-state index in [0.29, 0.717) is 39.7 Å². The van der Waals surface area contributed by atoms with Gasteiger partial charge in [0, 0.05) is 18.1 Å². The first kappa shape index (κ1) is 30.4. The number of fused-ring (bicyclic) bond motifs is 1. The summed E-state index contributed by atoms with van der Waals surface area (Å²) in [6.07, 6.45) is -2.64. The van der Waals surface area contributed by atoms with Crippen molar-refractivity contribution in [2.75, 3.05) is 0 Å². The zero-order valence-corrected chi connectivity index (χ0v) is 24.8. The maximum absolute atomic E-state index is 13.9. The van der Waals surface area contributed by atoms with Crippen LogP contribution in [0, 0.1) is 0 Å². The van der Waals surface area contributed by atoms with E-state index in [9.17, 15) is 27.9 Å². The van der Waals surface area contributed by atoms with Gasteiger partial charge in [-0.3, -0.25) is 4.79 Å². The fourth-order valence-corrected chi connectivity index (χ4v) is 5.60. The van der Waals surface area contributed by atoms with E-state index in [1.165, 1.54) is 18.2 Å². The SMILES string of the molecule is C[C@H](NC(=O)c1cc(-c2cccc(C(F)(F)F)c2)cc2ccn(Cc3ccc(-c4ccccc4)cc3)c12)c1ccc(C(=O)O)cc1. The number of amides is 1. The molecule has 1 heterocycles. The summed E-state index contributed by atoms with van der Waals surface area (Å²) in [5, 5.41) is 12.9. The molecular formula is C38H29F3N2O3. The first-order valence-electron chi connectivity index (χ1n) is 14.7. The second-order valence-corrected chi connectivity index (χ2v) is 11.2. The number of benzene rings is 5. The van der Waals surface area contributed by atoms with Crippen LogP contribution in [0.2, 0.25) is 0 Å². The molecule has 0 bridgehead atoms. The van der Waals surface area contributed by atoms with Crippen LogP contribution < -0.4 is 5.32 Å². The monoisotopic (exact) mass is 618 g/mol. The van der Waals surface area contributed by atoms with Gasteiger partial charge in [-0.15, -0.1) is 0 Å². The van der Waals surface area contributed by atoms with E-state index in [1.807, 2.05) is 71.4 Å². The highest BCUT2D eigenvalue weighted by molar-refractivity contribution is 6.08. The third kappa shape index (κ3) is 6.42. The number of nitrogens with one attached hydrogen (secondary N) is 1. The smallest absolute Gasteiger partial charge is 0.416 e. The minimum Gasteiger partial charge on any atom is -0.478 e. The first-order chi connectivity index (χ1) is 22.1. The molecule has 0 unspecified atom stereocenters. The van der Waals surface area contributed by atoms with Crippen LogP contribution in [0.4, 0.5) is 13.2 Å². The largest absolute Gasteiger partial charge is 0.478 e. The summed E-state index contributed by atoms with van der Waals surface area (Å²) in [5.74, 6) is -1.46. The van der Waals surface area contributed by atoms with Crippen LogP contribution >= 0.6 is 0 Å². The molecule has 0 aliphatic carbocycles. The van der Waals surface area contributed by atoms with Crippen LogP contribution in [0.3, 0.4) is 0 Å². The minimum atomic E-state index is -4.51. The Morgan fingerprint density at radius 3 is 2.11 bits per heavy atom. The fraction of sp³-hybridized carbons (Fsp3) is 0.105. The summed E-state index contributed by atoms with van der Waals surface area (Å²) in [6.45, 7) is 2.25. The number of rotatable bonds is 8. The summed E-state index contributed by atoms with van der Waals surface area (Å²) < 4.78 is 42.6. The van der Waals surface area contributed by atoms with E-state index in [4.69, 9.17) is 0 Å². The zero-order valence-electron chi connectivity index (χ0n) is 24.8. The van der Waals surface area contributed by atoms with Crippen molar-refractivity contribution in [2.24, 2.45) is 0 Å². The number of carbonyl (C=O) groups is 2. The molecule has 0 aliphatic heterocycles. The first-order valence-corrected chi connectivity index (χ1v) is 14.7. The van der Waals surface area contributed by atoms with Crippen LogP contribution in [0.5, 0.6) is 0 Å². The lowest BCUT2D eigenvalue weighted by molar-refractivity contribution is -0.137. The summed E-state index contributed by atoms with van der Waals surface area (Å²) in [5.41, 5.74) is 5.04. The van der Waals surface area contributed by atoms with E-state index in [0.717, 1.165) is 28.8 Å². The summed E-state index contributed by atoms with van der Waals surface area (Å²) in [4.78, 5) is 25.2. The molecule has 46 heavy (non-hydrogen) atoms. The normalized spacial score (nSPS) is 12.2. The number of carboxylic acids is 1. The van der Waals surface area contributed by atoms with Gasteiger partial charge in [0.15, 0.2) is 0 Å². The molecule has 0 saturated carbocycles. The Bertz CT molecular complexity index is 2030. The van der Waals surface area contributed by atoms with E-state index in [-0.39, 0.29) is 5.56 Å². The van der Waals surface area contributed by atoms with Gasteiger partial charge in [0.05, 0.1) is 28.2 Å². The Balaban J connectivity index is 1.38. The van der Waals surface area contributed by atoms with Crippen LogP contribution in [0.1, 0.15) is 50.4 Å². The molecule has 6 aromatic rings. The highest BCUT2D eigenvalue weighted by Crippen LogP contribution is 2.35. The molecule has 0 spiro atoms. The summed E-state index contributed by atoms with van der Waals surface area (Å²) in [6, 6.07) is 34.3. The zero-order chi connectivity index (χ0) is 32.4. The Labute approximate surface area is 263 Å². The number of hydrogen-bond acceptors (Lipinski definition) is 2. The van der Waals surface area contributed by atoms with Crippen molar-refractivity contribution in [3.05, 3.63) is 155 Å². The number of alkyl halides is 3. The van der Waals surface area contributed by atoms with Gasteiger partial charge in [-0.05, 0) is 82.8 Å². The van der Waals surface area contributed by atoms with Gasteiger partial charge in [0.1, 0.15) is 0 Å². The van der Waals surface area contributed by atoms with Crippen molar-refractivity contribution in [2.45, 2.75) is 25.7 Å². The summed E-state index contributed by atoms with van der Waals surface area (Å²) in [7, 11) is 0. The lowest BCUT2D eigenvalue weighted by Crippen LogP contribution is -2.27. The number of carbonyl (C=O) groups excluding carboxylic acids is 1.